The predicted molar refractivity (Wildman–Crippen MR) is 102 cm³/mol. The molecule has 0 spiro atoms. The summed E-state index contributed by atoms with van der Waals surface area (Å²) in [6, 6.07) is 9.28. The number of aromatic nitrogens is 1. The number of amides is 2. The van der Waals surface area contributed by atoms with Crippen LogP contribution in [0.25, 0.3) is 0 Å². The number of pyridine rings is 1. The molecule has 0 bridgehead atoms. The molecule has 0 aliphatic carbocycles. The molecule has 1 aromatic heterocycles. The Kier molecular flexibility index (Phi) is 5.04. The van der Waals surface area contributed by atoms with E-state index in [4.69, 9.17) is 4.74 Å². The number of ether oxygens (including phenoxy) is 2. The van der Waals surface area contributed by atoms with E-state index in [9.17, 15) is 14.4 Å². The first-order chi connectivity index (χ1) is 13.3. The van der Waals surface area contributed by atoms with Crippen molar-refractivity contribution in [3.05, 3.63) is 48.2 Å². The smallest absolute Gasteiger partial charge is 0.337 e. The summed E-state index contributed by atoms with van der Waals surface area (Å²) >= 11 is 0. The van der Waals surface area contributed by atoms with Gasteiger partial charge < -0.3 is 14.8 Å². The van der Waals surface area contributed by atoms with Crippen molar-refractivity contribution in [1.29, 1.82) is 0 Å². The summed E-state index contributed by atoms with van der Waals surface area (Å²) in [6.07, 6.45) is 1.57. The number of nitrogens with zero attached hydrogens (tertiary/aromatic N) is 2. The van der Waals surface area contributed by atoms with Crippen molar-refractivity contribution in [2.24, 2.45) is 0 Å². The molecule has 0 saturated heterocycles. The summed E-state index contributed by atoms with van der Waals surface area (Å²) in [4.78, 5) is 43.3. The van der Waals surface area contributed by atoms with Gasteiger partial charge in [0, 0.05) is 17.9 Å². The fraction of sp³-hybridized carbons (Fsp3) is 0.300. The number of hydrogen-bond donors (Lipinski definition) is 1. The average Bonchev–Trinajstić information content (AvgIpc) is 2.68. The van der Waals surface area contributed by atoms with Crippen LogP contribution < -0.4 is 15.0 Å². The number of esters is 1. The second kappa shape index (κ2) is 7.30. The van der Waals surface area contributed by atoms with E-state index in [2.05, 4.69) is 15.0 Å². The van der Waals surface area contributed by atoms with Crippen molar-refractivity contribution >= 4 is 29.3 Å². The molecule has 2 aromatic rings. The lowest BCUT2D eigenvalue weighted by Crippen LogP contribution is -2.62. The number of carbonyl (C=O) groups excluding carboxylic acids is 3. The van der Waals surface area contributed by atoms with Gasteiger partial charge in [-0.2, -0.15) is 0 Å². The minimum atomic E-state index is -1.76. The largest absolute Gasteiger partial charge is 0.465 e. The van der Waals surface area contributed by atoms with Crippen molar-refractivity contribution in [3.63, 3.8) is 0 Å². The molecular weight excluding hydrogens is 362 g/mol. The molecule has 3 rings (SSSR count). The van der Waals surface area contributed by atoms with Crippen molar-refractivity contribution in [3.8, 4) is 5.75 Å². The summed E-state index contributed by atoms with van der Waals surface area (Å²) in [7, 11) is 1.29. The van der Waals surface area contributed by atoms with Gasteiger partial charge in [-0.05, 0) is 57.2 Å². The van der Waals surface area contributed by atoms with Gasteiger partial charge in [0.2, 0.25) is 0 Å². The van der Waals surface area contributed by atoms with Gasteiger partial charge in [-0.3, -0.25) is 14.5 Å². The molecule has 146 valence electrons. The van der Waals surface area contributed by atoms with Crippen LogP contribution in [0.1, 0.15) is 31.1 Å². The van der Waals surface area contributed by atoms with Gasteiger partial charge >= 0.3 is 5.97 Å². The highest BCUT2D eigenvalue weighted by molar-refractivity contribution is 6.19. The fourth-order valence-electron chi connectivity index (χ4n) is 2.91. The average molecular weight is 383 g/mol. The molecule has 8 nitrogen and oxygen atoms in total. The number of benzene rings is 1. The Morgan fingerprint density at radius 2 is 1.89 bits per heavy atom. The van der Waals surface area contributed by atoms with E-state index in [1.54, 1.807) is 30.5 Å². The van der Waals surface area contributed by atoms with Crippen LogP contribution in [0.2, 0.25) is 0 Å². The summed E-state index contributed by atoms with van der Waals surface area (Å²) in [6.45, 7) is 5.11. The van der Waals surface area contributed by atoms with Crippen molar-refractivity contribution in [1.82, 2.24) is 4.98 Å². The Morgan fingerprint density at radius 1 is 1.21 bits per heavy atom. The van der Waals surface area contributed by atoms with Crippen LogP contribution in [0.15, 0.2) is 42.6 Å². The van der Waals surface area contributed by atoms with Gasteiger partial charge in [-0.25, -0.2) is 9.78 Å². The topological polar surface area (TPSA) is 97.8 Å². The number of carbonyl (C=O) groups is 3. The third-order valence-electron chi connectivity index (χ3n) is 4.43. The minimum Gasteiger partial charge on any atom is -0.465 e. The van der Waals surface area contributed by atoms with Crippen LogP contribution >= 0.6 is 0 Å². The zero-order valence-corrected chi connectivity index (χ0v) is 16.1. The molecule has 28 heavy (non-hydrogen) atoms. The molecule has 1 aliphatic heterocycles. The molecule has 8 heteroatoms. The Morgan fingerprint density at radius 3 is 2.50 bits per heavy atom. The molecule has 1 aromatic carbocycles. The number of nitrogens with one attached hydrogen (secondary N) is 1. The minimum absolute atomic E-state index is 0.212. The molecule has 0 fully saturated rings. The van der Waals surface area contributed by atoms with Gasteiger partial charge in [-0.1, -0.05) is 0 Å². The fourth-order valence-corrected chi connectivity index (χ4v) is 2.91. The molecule has 0 saturated carbocycles. The van der Waals surface area contributed by atoms with E-state index >= 15 is 0 Å². The lowest BCUT2D eigenvalue weighted by atomic mass is 9.99. The molecule has 1 aliphatic rings. The maximum Gasteiger partial charge on any atom is 0.337 e. The first kappa shape index (κ1) is 19.3. The Hall–Kier alpha value is -3.42. The van der Waals surface area contributed by atoms with Crippen LogP contribution in [0.3, 0.4) is 0 Å². The van der Waals surface area contributed by atoms with Crippen LogP contribution in [0.5, 0.6) is 5.75 Å². The van der Waals surface area contributed by atoms with Crippen LogP contribution in [-0.2, 0) is 14.3 Å². The summed E-state index contributed by atoms with van der Waals surface area (Å²) in [5.74, 6) is -0.863. The molecular formula is C20H21N3O5. The van der Waals surface area contributed by atoms with Crippen LogP contribution in [0.4, 0.5) is 11.5 Å². The highest BCUT2D eigenvalue weighted by atomic mass is 16.5. The van der Waals surface area contributed by atoms with Crippen LogP contribution in [-0.4, -0.2) is 41.5 Å². The van der Waals surface area contributed by atoms with Crippen molar-refractivity contribution < 1.29 is 23.9 Å². The number of methoxy groups -OCH3 is 1. The molecule has 1 atom stereocenters. The highest BCUT2D eigenvalue weighted by Crippen LogP contribution is 2.37. The Balaban J connectivity index is 1.88. The third kappa shape index (κ3) is 3.28. The van der Waals surface area contributed by atoms with Gasteiger partial charge in [0.15, 0.2) is 11.6 Å². The molecule has 1 unspecified atom stereocenters. The van der Waals surface area contributed by atoms with E-state index in [1.165, 1.54) is 31.1 Å². The maximum absolute atomic E-state index is 13.1. The van der Waals surface area contributed by atoms with E-state index in [-0.39, 0.29) is 6.04 Å². The van der Waals surface area contributed by atoms with Crippen molar-refractivity contribution in [2.75, 3.05) is 17.3 Å². The third-order valence-corrected chi connectivity index (χ3v) is 4.43. The Bertz CT molecular complexity index is 926. The highest BCUT2D eigenvalue weighted by Gasteiger charge is 2.51. The molecule has 1 N–H and O–H groups in total. The zero-order chi connectivity index (χ0) is 20.5. The molecule has 2 heterocycles. The normalized spacial score (nSPS) is 18.3. The number of fused-ring (bicyclic) bond motifs is 1. The van der Waals surface area contributed by atoms with Gasteiger partial charge in [0.25, 0.3) is 17.4 Å². The standard InChI is InChI=1S/C20H21N3O5/c1-12(2)23-16-15(6-5-11-21-16)28-20(3,19(23)26)18(25)22-14-9-7-13(8-10-14)17(24)27-4/h5-12H,1-4H3,(H,22,25). The first-order valence-corrected chi connectivity index (χ1v) is 8.75. The number of hydrogen-bond acceptors (Lipinski definition) is 6. The second-order valence-electron chi connectivity index (χ2n) is 6.75. The lowest BCUT2D eigenvalue weighted by Gasteiger charge is -2.40. The number of rotatable bonds is 4. The van der Waals surface area contributed by atoms with Crippen LogP contribution in [0, 0.1) is 0 Å². The Labute approximate surface area is 162 Å². The molecule has 0 radical (unpaired) electrons. The van der Waals surface area contributed by atoms with E-state index in [1.807, 2.05) is 13.8 Å². The zero-order valence-electron chi connectivity index (χ0n) is 16.1. The van der Waals surface area contributed by atoms with E-state index in [0.29, 0.717) is 22.8 Å². The van der Waals surface area contributed by atoms with Gasteiger partial charge in [-0.15, -0.1) is 0 Å². The quantitative estimate of drug-likeness (QED) is 0.643. The lowest BCUT2D eigenvalue weighted by molar-refractivity contribution is -0.145. The van der Waals surface area contributed by atoms with Gasteiger partial charge in [0.1, 0.15) is 0 Å². The predicted octanol–water partition coefficient (Wildman–Crippen LogP) is 2.40. The van der Waals surface area contributed by atoms with E-state index < -0.39 is 23.4 Å². The SMILES string of the molecule is COC(=O)c1ccc(NC(=O)C2(C)Oc3cccnc3N(C(C)C)C2=O)cc1. The molecule has 2 amide bonds. The maximum atomic E-state index is 13.1. The summed E-state index contributed by atoms with van der Waals surface area (Å²) < 4.78 is 10.4. The second-order valence-corrected chi connectivity index (χ2v) is 6.75. The summed E-state index contributed by atoms with van der Waals surface area (Å²) in [5.41, 5.74) is -0.993. The van der Waals surface area contributed by atoms with E-state index in [0.717, 1.165) is 0 Å². The first-order valence-electron chi connectivity index (χ1n) is 8.75. The summed E-state index contributed by atoms with van der Waals surface area (Å²) in [5, 5.41) is 2.67. The van der Waals surface area contributed by atoms with Gasteiger partial charge in [0.05, 0.1) is 12.7 Å². The van der Waals surface area contributed by atoms with Crippen molar-refractivity contribution in [2.45, 2.75) is 32.4 Å². The number of anilines is 2. The monoisotopic (exact) mass is 383 g/mol.